The number of rotatable bonds is 34. The zero-order valence-electron chi connectivity index (χ0n) is 79.4. The Bertz CT molecular complexity index is 5940. The van der Waals surface area contributed by atoms with Gasteiger partial charge in [0, 0.05) is 6.54 Å². The van der Waals surface area contributed by atoms with E-state index >= 15 is 0 Å². The van der Waals surface area contributed by atoms with Crippen LogP contribution in [0.3, 0.4) is 0 Å². The van der Waals surface area contributed by atoms with Crippen LogP contribution in [-0.4, -0.2) is 397 Å². The van der Waals surface area contributed by atoms with Crippen molar-refractivity contribution in [2.45, 2.75) is 221 Å². The van der Waals surface area contributed by atoms with Gasteiger partial charge in [-0.05, 0) is 163 Å². The van der Waals surface area contributed by atoms with Crippen LogP contribution in [0.1, 0.15) is 129 Å². The van der Waals surface area contributed by atoms with Crippen molar-refractivity contribution in [2.24, 2.45) is 0 Å². The lowest BCUT2D eigenvalue weighted by Gasteiger charge is -2.18. The second kappa shape index (κ2) is 45.4. The molecule has 5 saturated heterocycles. The quantitative estimate of drug-likeness (QED) is 0.0127. The van der Waals surface area contributed by atoms with Gasteiger partial charge in [-0.25, -0.2) is 29.9 Å². The summed E-state index contributed by atoms with van der Waals surface area (Å²) in [5, 5.41) is 96.8. The van der Waals surface area contributed by atoms with Gasteiger partial charge in [0.2, 0.25) is 47.3 Å². The van der Waals surface area contributed by atoms with E-state index in [1.54, 1.807) is 31.5 Å². The molecule has 134 heavy (non-hydrogen) atoms. The SMILES string of the molecule is C=P(C)(C)CCC1O[C@@H](n2cnc3c(=O)[nH]c(NCCCC)nc32)[C@H](O)[C@@H]1O.C=P(C)(C)CCC1O[C@@H](n2cnc3c(OC)nc(C)nc32)[C@H](O)[C@@H]1O.C=P(C)(C)CCC1O[C@@H](n2cnc3c(OCC)nc(N)nc32)[C@H](Cl)[C@@H]1O.C=P(C)(C)CCC1O[C@@H](n2cnc3c(OCCC)nc(N)nc32)[C@H](O)[C@@H]1O.C=P(C)(C)CCC1O[C@@H](n2cnc3c(OCCCC)nc(N)nc32)[C@H](O)[C@@H]1O. The Morgan fingerprint density at radius 1 is 0.403 bits per heavy atom. The molecule has 17 N–H and O–H groups in total. The molecule has 20 atom stereocenters. The van der Waals surface area contributed by atoms with Crippen LogP contribution in [0.15, 0.2) is 36.4 Å². The maximum atomic E-state index is 12.3. The number of alkyl halides is 1. The standard InChI is InChI=1S/2C18H30N5O4P.C17H28N5O4P.C16H25ClN5O3P.C16H25N4O4P/c1-5-6-8-26-16-12-15(21-18(19)22-16)23(10-20-12)17-14(25)13(24)11(27-17)7-9-28(2,3)4;1-5-6-8-19-18-21-15-12(16(26)22-18)20-10-23(15)17-14(25)13(24)11(27-17)7-9-28(2,3)4;1-5-7-25-15-11-14(20-17(18)21-15)22(9-19-11)16-13(24)12(23)10(26-16)6-8-27(2,3)4;1-5-24-14-11-13(20-16(18)21-14)22(8-19-11)15-10(17)12(23)9(25-15)6-7-26(2,3)4;1-9-18-14-11(15(19-9)23-2)17-8-20(14)16-13(22)12(21)10(24-16)6-7-25(3,4)5/h10-11,13-14,17,24-25H,2,5-9H2,1,3-4H3,(H2,19,21,22);10-11,13-14,17,24-25H,2,5-9H2,1,3-4H3,(H2,19,21,22,26);9-10,12-13,16,23-24H,2,5-8H2,1,3-4H3,(H2,18,20,21);8-10,12,15,23H,2,5-7H2,1,3-4H3,(H2,18,20,21);8,10,12-13,16,21-22H,3,6-7H2,1-2,4-5H3/t2*11?,13-,14-,17-;10?,12-,13-,16-;9?,10-,12-,15-;10?,12-,13-,16-/m11111/s1. The number of anilines is 4. The molecule has 10 aromatic heterocycles. The van der Waals surface area contributed by atoms with Crippen molar-refractivity contribution in [3.8, 4) is 23.5 Å². The summed E-state index contributed by atoms with van der Waals surface area (Å²) >= 11 is 6.47. The smallest absolute Gasteiger partial charge is 0.280 e. The maximum absolute atomic E-state index is 12.3. The number of nitrogens with two attached hydrogens (primary N) is 3. The van der Waals surface area contributed by atoms with Crippen LogP contribution in [0.5, 0.6) is 23.5 Å². The number of aromatic nitrogens is 20. The summed E-state index contributed by atoms with van der Waals surface area (Å²) in [6.07, 6.45) is 25.5. The first-order chi connectivity index (χ1) is 63.0. The number of H-pyrrole nitrogens is 1. The number of fused-ring (bicyclic) bond motifs is 5. The highest BCUT2D eigenvalue weighted by Gasteiger charge is 2.50. The van der Waals surface area contributed by atoms with E-state index in [9.17, 15) is 50.8 Å². The molecule has 15 rings (SSSR count). The highest BCUT2D eigenvalue weighted by molar-refractivity contribution is 7.73. The molecular formula is C85H138ClN24O19P5. The summed E-state index contributed by atoms with van der Waals surface area (Å²) in [7, 11) is 1.52. The summed E-state index contributed by atoms with van der Waals surface area (Å²) in [5.74, 6) is 2.34. The van der Waals surface area contributed by atoms with Gasteiger partial charge in [0.1, 0.15) is 66.1 Å². The van der Waals surface area contributed by atoms with Crippen molar-refractivity contribution < 1.29 is 88.6 Å². The number of hydrogen-bond donors (Lipinski definition) is 14. The number of ether oxygens (including phenoxy) is 9. The fourth-order valence-corrected chi connectivity index (χ4v) is 20.6. The maximum Gasteiger partial charge on any atom is 0.280 e. The number of aliphatic hydroxyl groups excluding tert-OH is 9. The highest BCUT2D eigenvalue weighted by Crippen LogP contribution is 2.47. The third kappa shape index (κ3) is 26.6. The second-order valence-electron chi connectivity index (χ2n) is 37.7. The number of nitrogen functional groups attached to an aromatic ring is 3. The van der Waals surface area contributed by atoms with Crippen molar-refractivity contribution >= 4 is 157 Å². The molecule has 43 nitrogen and oxygen atoms in total. The van der Waals surface area contributed by atoms with E-state index in [-0.39, 0.29) is 35.0 Å². The fourth-order valence-electron chi connectivity index (χ4n) is 15.5. The minimum absolute atomic E-state index is 0.0449. The number of hydrogen-bond acceptors (Lipinski definition) is 37. The van der Waals surface area contributed by atoms with E-state index in [1.165, 1.54) is 37.0 Å². The predicted molar refractivity (Wildman–Crippen MR) is 535 cm³/mol. The molecule has 744 valence electrons. The lowest BCUT2D eigenvalue weighted by Crippen LogP contribution is -2.32. The van der Waals surface area contributed by atoms with Gasteiger partial charge in [0.05, 0.1) is 89.1 Å². The molecule has 5 aliphatic rings. The Labute approximate surface area is 784 Å². The zero-order valence-corrected chi connectivity index (χ0v) is 84.6. The van der Waals surface area contributed by atoms with Crippen molar-refractivity contribution in [2.75, 3.05) is 153 Å². The first-order valence-electron chi connectivity index (χ1n) is 44.8. The molecule has 5 fully saturated rings. The van der Waals surface area contributed by atoms with Crippen LogP contribution in [0.4, 0.5) is 23.8 Å². The number of methoxy groups -OCH3 is 1. The summed E-state index contributed by atoms with van der Waals surface area (Å²) in [6.45, 7) is 27.0. The number of aryl methyl sites for hydroxylation is 1. The van der Waals surface area contributed by atoms with Gasteiger partial charge in [-0.1, -0.05) is 33.6 Å². The summed E-state index contributed by atoms with van der Waals surface area (Å²) in [4.78, 5) is 74.4. The van der Waals surface area contributed by atoms with Crippen LogP contribution in [-0.2, 0) is 23.7 Å². The molecule has 5 aliphatic heterocycles. The lowest BCUT2D eigenvalue weighted by atomic mass is 10.1. The monoisotopic (exact) mass is 1990 g/mol. The van der Waals surface area contributed by atoms with Gasteiger partial charge in [-0.3, -0.25) is 32.6 Å². The Kier molecular flexibility index (Phi) is 36.1. The van der Waals surface area contributed by atoms with Crippen molar-refractivity contribution in [1.82, 2.24) is 97.6 Å². The number of unbranched alkanes of at least 4 members (excludes halogenated alkanes) is 2. The predicted octanol–water partition coefficient (Wildman–Crippen LogP) is 5.91. The molecule has 49 heteroatoms. The lowest BCUT2D eigenvalue weighted by molar-refractivity contribution is -0.0353. The minimum atomic E-state index is -1.27. The van der Waals surface area contributed by atoms with E-state index in [0.29, 0.717) is 144 Å². The number of nitrogens with zero attached hydrogens (tertiary/aromatic N) is 19. The Morgan fingerprint density at radius 2 is 0.709 bits per heavy atom. The van der Waals surface area contributed by atoms with Crippen LogP contribution < -0.4 is 47.0 Å². The second-order valence-corrected chi connectivity index (χ2v) is 59.8. The van der Waals surface area contributed by atoms with E-state index in [1.807, 2.05) is 13.8 Å². The Balaban J connectivity index is 0.000000161. The normalized spacial score (nSPS) is 26.1. The molecule has 0 aliphatic carbocycles. The molecule has 10 aromatic rings. The topological polar surface area (TPSA) is 593 Å². The number of aliphatic hydroxyl groups is 9. The molecule has 0 spiro atoms. The van der Waals surface area contributed by atoms with Crippen LogP contribution in [0, 0.1) is 6.92 Å². The van der Waals surface area contributed by atoms with E-state index in [4.69, 9.17) is 71.4 Å². The van der Waals surface area contributed by atoms with Gasteiger partial charge in [-0.2, -0.15) is 39.9 Å². The first-order valence-corrected chi connectivity index (χ1v) is 60.5. The van der Waals surface area contributed by atoms with Crippen molar-refractivity contribution in [1.29, 1.82) is 0 Å². The number of imidazole rings is 5. The molecule has 0 aromatic carbocycles. The molecule has 0 saturated carbocycles. The Morgan fingerprint density at radius 3 is 1.04 bits per heavy atom. The van der Waals surface area contributed by atoms with E-state index in [0.717, 1.165) is 62.9 Å². The van der Waals surface area contributed by atoms with Gasteiger partial charge in [-0.15, -0.1) is 77.5 Å². The van der Waals surface area contributed by atoms with Crippen LogP contribution >= 0.6 is 46.0 Å². The molecule has 0 bridgehead atoms. The number of halogens is 1. The average Bonchev–Trinajstić information content (AvgIpc) is 1.64. The summed E-state index contributed by atoms with van der Waals surface area (Å²) in [5.41, 5.74) is 21.2. The van der Waals surface area contributed by atoms with Gasteiger partial charge >= 0.3 is 0 Å². The minimum Gasteiger partial charge on any atom is -0.479 e. The zero-order chi connectivity index (χ0) is 98.1. The van der Waals surface area contributed by atoms with Crippen molar-refractivity contribution in [3.05, 3.63) is 47.8 Å². The van der Waals surface area contributed by atoms with Crippen molar-refractivity contribution in [3.63, 3.8) is 0 Å². The average molecular weight is 1990 g/mol. The largest absolute Gasteiger partial charge is 0.479 e. The highest BCUT2D eigenvalue weighted by atomic mass is 35.5. The fraction of sp³-hybridized carbons (Fsp3) is 0.647. The first kappa shape index (κ1) is 107. The van der Waals surface area contributed by atoms with Gasteiger partial charge in [0.15, 0.2) is 87.0 Å². The molecule has 0 amide bonds. The molecule has 15 heterocycles. The van der Waals surface area contributed by atoms with E-state index in [2.05, 4.69) is 192 Å². The molecule has 5 unspecified atom stereocenters. The molecule has 0 radical (unpaired) electrons. The van der Waals surface area contributed by atoms with Gasteiger partial charge < -0.3 is 111 Å². The Hall–Kier alpha value is -7.82. The third-order valence-corrected chi connectivity index (χ3v) is 30.6. The van der Waals surface area contributed by atoms with E-state index < -0.39 is 150 Å². The number of nitrogens with one attached hydrogen (secondary N) is 2. The number of aromatic amines is 1. The van der Waals surface area contributed by atoms with Gasteiger partial charge in [0.25, 0.3) is 5.56 Å². The van der Waals surface area contributed by atoms with Crippen LogP contribution in [0.2, 0.25) is 0 Å². The summed E-state index contributed by atoms with van der Waals surface area (Å²) in [6, 6.07) is 0. The van der Waals surface area contributed by atoms with Crippen LogP contribution in [0.25, 0.3) is 55.8 Å². The molecular weight excluding hydrogens is 1850 g/mol. The third-order valence-electron chi connectivity index (χ3n) is 22.7. The summed E-state index contributed by atoms with van der Waals surface area (Å²) < 4.78 is 60.0.